The summed E-state index contributed by atoms with van der Waals surface area (Å²) in [5, 5.41) is 10.5. The predicted octanol–water partition coefficient (Wildman–Crippen LogP) is 2.54. The van der Waals surface area contributed by atoms with Crippen LogP contribution in [0.4, 0.5) is 5.82 Å². The molecule has 0 bridgehead atoms. The fraction of sp³-hybridized carbons (Fsp3) is 0.556. The minimum Gasteiger partial charge on any atom is -0.461 e. The van der Waals surface area contributed by atoms with Crippen LogP contribution < -0.4 is 10.2 Å². The fourth-order valence-corrected chi connectivity index (χ4v) is 6.28. The number of amides is 1. The van der Waals surface area contributed by atoms with Crippen molar-refractivity contribution in [1.29, 1.82) is 0 Å². The molecule has 180 valence electrons. The van der Waals surface area contributed by atoms with Crippen molar-refractivity contribution in [3.05, 3.63) is 54.2 Å². The number of rotatable bonds is 6. The Labute approximate surface area is 201 Å². The van der Waals surface area contributed by atoms with E-state index in [4.69, 9.17) is 4.74 Å². The van der Waals surface area contributed by atoms with Crippen LogP contribution in [0.15, 0.2) is 48.7 Å². The van der Waals surface area contributed by atoms with Crippen molar-refractivity contribution in [2.75, 3.05) is 25.0 Å². The first-order chi connectivity index (χ1) is 16.6. The number of nitrogens with one attached hydrogen (secondary N) is 2. The highest BCUT2D eigenvalue weighted by Crippen LogP contribution is 2.44. The number of fused-ring (bicyclic) bond motifs is 1. The summed E-state index contributed by atoms with van der Waals surface area (Å²) in [5.41, 5.74) is 0.624. The van der Waals surface area contributed by atoms with Crippen LogP contribution in [0.2, 0.25) is 0 Å². The molecule has 2 heterocycles. The van der Waals surface area contributed by atoms with Crippen LogP contribution in [0.5, 0.6) is 0 Å². The number of quaternary nitrogens is 1. The quantitative estimate of drug-likeness (QED) is 0.508. The molecule has 2 aromatic rings. The summed E-state index contributed by atoms with van der Waals surface area (Å²) < 4.78 is 6.26. The lowest BCUT2D eigenvalue weighted by molar-refractivity contribution is -0.904. The van der Waals surface area contributed by atoms with Crippen molar-refractivity contribution < 1.29 is 19.2 Å². The number of benzene rings is 1. The highest BCUT2D eigenvalue weighted by Gasteiger charge is 2.51. The van der Waals surface area contributed by atoms with Gasteiger partial charge in [-0.1, -0.05) is 56.0 Å². The van der Waals surface area contributed by atoms with Crippen LogP contribution in [0, 0.1) is 11.8 Å². The summed E-state index contributed by atoms with van der Waals surface area (Å²) >= 11 is 0. The Kier molecular flexibility index (Phi) is 6.90. The second kappa shape index (κ2) is 10.2. The Bertz CT molecular complexity index is 976. The molecule has 4 atom stereocenters. The largest absolute Gasteiger partial charge is 0.461 e. The number of ether oxygens (including phenoxy) is 1. The summed E-state index contributed by atoms with van der Waals surface area (Å²) in [7, 11) is 0. The molecule has 34 heavy (non-hydrogen) atoms. The zero-order valence-electron chi connectivity index (χ0n) is 19.7. The van der Waals surface area contributed by atoms with Crippen LogP contribution in [0.1, 0.15) is 56.9 Å². The summed E-state index contributed by atoms with van der Waals surface area (Å²) in [6.45, 7) is 2.31. The molecule has 1 aliphatic heterocycles. The number of carbonyl (C=O) groups is 2. The normalized spacial score (nSPS) is 28.0. The molecule has 1 saturated heterocycles. The van der Waals surface area contributed by atoms with Gasteiger partial charge < -0.3 is 15.0 Å². The van der Waals surface area contributed by atoms with E-state index in [-0.39, 0.29) is 18.0 Å². The maximum atomic E-state index is 13.6. The minimum atomic E-state index is -0.493. The van der Waals surface area contributed by atoms with Gasteiger partial charge in [-0.2, -0.15) is 5.10 Å². The van der Waals surface area contributed by atoms with E-state index in [1.165, 1.54) is 17.7 Å². The number of piperidine rings is 1. The molecule has 3 aliphatic rings. The van der Waals surface area contributed by atoms with Crippen LogP contribution in [0.3, 0.4) is 0 Å². The first-order valence-electron chi connectivity index (χ1n) is 12.8. The molecule has 0 radical (unpaired) electrons. The van der Waals surface area contributed by atoms with E-state index in [1.54, 1.807) is 18.3 Å². The summed E-state index contributed by atoms with van der Waals surface area (Å²) in [4.78, 5) is 27.3. The van der Waals surface area contributed by atoms with Gasteiger partial charge in [-0.3, -0.25) is 9.59 Å². The Morgan fingerprint density at radius 3 is 2.56 bits per heavy atom. The van der Waals surface area contributed by atoms with Gasteiger partial charge in [0.15, 0.2) is 12.4 Å². The van der Waals surface area contributed by atoms with Gasteiger partial charge in [-0.25, -0.2) is 0 Å². The van der Waals surface area contributed by atoms with E-state index < -0.39 is 5.41 Å². The standard InChI is InChI=1S/C27H34N4O3/c32-25(29-24-11-8-15-28-30-24)19-31-16-12-22-20(18-31)17-23(22)34-26(33)27(13-6-1-2-7-14-27)21-9-4-3-5-10-21/h3-5,8-11,15,20,22-23H,1-2,6-7,12-14,16-19H2,(H,29,30,32)/p+1. The topological polar surface area (TPSA) is 85.6 Å². The van der Waals surface area contributed by atoms with Crippen molar-refractivity contribution >= 4 is 17.7 Å². The van der Waals surface area contributed by atoms with Gasteiger partial charge in [-0.15, -0.1) is 5.10 Å². The average Bonchev–Trinajstić information content (AvgIpc) is 3.11. The molecule has 1 amide bonds. The zero-order valence-corrected chi connectivity index (χ0v) is 19.7. The van der Waals surface area contributed by atoms with Gasteiger partial charge in [0, 0.05) is 24.5 Å². The first kappa shape index (κ1) is 23.0. The summed E-state index contributed by atoms with van der Waals surface area (Å²) in [6, 6.07) is 13.8. The van der Waals surface area contributed by atoms with Gasteiger partial charge in [0.1, 0.15) is 6.10 Å². The Balaban J connectivity index is 1.16. The third-order valence-electron chi connectivity index (χ3n) is 8.18. The van der Waals surface area contributed by atoms with Gasteiger partial charge in [-0.05, 0) is 37.0 Å². The zero-order chi connectivity index (χ0) is 23.4. The monoisotopic (exact) mass is 463 g/mol. The number of carbonyl (C=O) groups excluding carboxylic acids is 2. The predicted molar refractivity (Wildman–Crippen MR) is 128 cm³/mol. The maximum absolute atomic E-state index is 13.6. The van der Waals surface area contributed by atoms with Crippen LogP contribution >= 0.6 is 0 Å². The van der Waals surface area contributed by atoms with Gasteiger partial charge >= 0.3 is 5.97 Å². The number of aromatic nitrogens is 2. The molecular weight excluding hydrogens is 428 g/mol. The van der Waals surface area contributed by atoms with E-state index in [9.17, 15) is 9.59 Å². The van der Waals surface area contributed by atoms with Crippen LogP contribution in [-0.4, -0.2) is 47.8 Å². The number of likely N-dealkylation sites (tertiary alicyclic amines) is 1. The molecule has 1 aromatic carbocycles. The van der Waals surface area contributed by atoms with Gasteiger partial charge in [0.05, 0.1) is 18.5 Å². The van der Waals surface area contributed by atoms with E-state index >= 15 is 0 Å². The molecule has 7 heteroatoms. The Morgan fingerprint density at radius 1 is 1.06 bits per heavy atom. The molecule has 2 saturated carbocycles. The fourth-order valence-electron chi connectivity index (χ4n) is 6.28. The van der Waals surface area contributed by atoms with Crippen molar-refractivity contribution in [2.45, 2.75) is 62.9 Å². The number of esters is 1. The van der Waals surface area contributed by atoms with Gasteiger partial charge in [0.25, 0.3) is 5.91 Å². The minimum absolute atomic E-state index is 0.0119. The molecule has 4 unspecified atom stereocenters. The second-order valence-corrected chi connectivity index (χ2v) is 10.3. The molecule has 3 fully saturated rings. The lowest BCUT2D eigenvalue weighted by Gasteiger charge is -2.49. The third kappa shape index (κ3) is 4.85. The lowest BCUT2D eigenvalue weighted by atomic mass is 9.66. The number of nitrogens with zero attached hydrogens (tertiary/aromatic N) is 2. The van der Waals surface area contributed by atoms with Crippen molar-refractivity contribution in [3.8, 4) is 0 Å². The van der Waals surface area contributed by atoms with Crippen molar-refractivity contribution in [1.82, 2.24) is 10.2 Å². The van der Waals surface area contributed by atoms with E-state index in [2.05, 4.69) is 27.6 Å². The number of hydrogen-bond acceptors (Lipinski definition) is 5. The van der Waals surface area contributed by atoms with Crippen molar-refractivity contribution in [2.24, 2.45) is 11.8 Å². The van der Waals surface area contributed by atoms with E-state index in [0.717, 1.165) is 57.2 Å². The highest BCUT2D eigenvalue weighted by atomic mass is 16.5. The molecule has 2 aliphatic carbocycles. The third-order valence-corrected chi connectivity index (χ3v) is 8.18. The van der Waals surface area contributed by atoms with Crippen molar-refractivity contribution in [3.63, 3.8) is 0 Å². The smallest absolute Gasteiger partial charge is 0.316 e. The van der Waals surface area contributed by atoms with Gasteiger partial charge in [0.2, 0.25) is 0 Å². The van der Waals surface area contributed by atoms with E-state index in [0.29, 0.717) is 24.2 Å². The molecule has 7 nitrogen and oxygen atoms in total. The van der Waals surface area contributed by atoms with E-state index in [1.807, 2.05) is 18.2 Å². The second-order valence-electron chi connectivity index (χ2n) is 10.3. The highest BCUT2D eigenvalue weighted by molar-refractivity contribution is 5.90. The lowest BCUT2D eigenvalue weighted by Crippen LogP contribution is -3.15. The maximum Gasteiger partial charge on any atom is 0.316 e. The molecule has 5 rings (SSSR count). The first-order valence-corrected chi connectivity index (χ1v) is 12.8. The number of anilines is 1. The Morgan fingerprint density at radius 2 is 1.85 bits per heavy atom. The molecule has 0 spiro atoms. The average molecular weight is 464 g/mol. The number of hydrogen-bond donors (Lipinski definition) is 2. The van der Waals surface area contributed by atoms with Crippen LogP contribution in [-0.2, 0) is 19.7 Å². The summed E-state index contributed by atoms with van der Waals surface area (Å²) in [5.74, 6) is 1.39. The molecule has 1 aromatic heterocycles. The summed E-state index contributed by atoms with van der Waals surface area (Å²) in [6.07, 6.45) is 9.83. The molecule has 2 N–H and O–H groups in total. The molecular formula is C27H35N4O3+. The SMILES string of the molecule is O=C(C[NH+]1CCC2C(CC2OC(=O)C2(c3ccccc3)CCCCCC2)C1)Nc1cccnn1. The Hall–Kier alpha value is -2.80. The van der Waals surface area contributed by atoms with Crippen LogP contribution in [0.25, 0.3) is 0 Å².